The molecule has 2 N–H and O–H groups in total. The molecule has 1 saturated heterocycles. The van der Waals surface area contributed by atoms with E-state index < -0.39 is 6.04 Å². The van der Waals surface area contributed by atoms with Crippen LogP contribution in [0.4, 0.5) is 5.69 Å². The van der Waals surface area contributed by atoms with E-state index in [2.05, 4.69) is 41.6 Å². The molecule has 8 nitrogen and oxygen atoms in total. The van der Waals surface area contributed by atoms with Crippen molar-refractivity contribution in [3.63, 3.8) is 0 Å². The average Bonchev–Trinajstić information content (AvgIpc) is 3.49. The maximum absolute atomic E-state index is 13.9. The fraction of sp³-hybridized carbons (Fsp3) is 0.615. The molecular weight excluding hydrogens is 428 g/mol. The summed E-state index contributed by atoms with van der Waals surface area (Å²) in [6.07, 6.45) is 8.64. The second kappa shape index (κ2) is 10.3. The zero-order chi connectivity index (χ0) is 24.3. The van der Waals surface area contributed by atoms with Crippen molar-refractivity contribution in [3.8, 4) is 0 Å². The lowest BCUT2D eigenvalue weighted by Gasteiger charge is -2.34. The van der Waals surface area contributed by atoms with E-state index in [9.17, 15) is 9.59 Å². The third-order valence-electron chi connectivity index (χ3n) is 7.06. The lowest BCUT2D eigenvalue weighted by atomic mass is 9.87. The molecule has 1 aliphatic carbocycles. The Morgan fingerprint density at radius 2 is 1.79 bits per heavy atom. The summed E-state index contributed by atoms with van der Waals surface area (Å²) in [5, 5.41) is 14.9. The number of nitrogens with one attached hydrogen (secondary N) is 2. The Kier molecular flexibility index (Phi) is 7.36. The number of aryl methyl sites for hydroxylation is 1. The largest absolute Gasteiger partial charge is 0.351 e. The van der Waals surface area contributed by atoms with Gasteiger partial charge in [-0.15, -0.1) is 10.2 Å². The summed E-state index contributed by atoms with van der Waals surface area (Å²) in [4.78, 5) is 29.4. The summed E-state index contributed by atoms with van der Waals surface area (Å²) in [5.74, 6) is 0.154. The predicted molar refractivity (Wildman–Crippen MR) is 132 cm³/mol. The van der Waals surface area contributed by atoms with Gasteiger partial charge in [0.05, 0.1) is 6.04 Å². The number of hydrogen-bond donors (Lipinski definition) is 2. The summed E-state index contributed by atoms with van der Waals surface area (Å²) in [6, 6.07) is 6.90. The maximum Gasteiger partial charge on any atom is 0.251 e. The van der Waals surface area contributed by atoms with Gasteiger partial charge in [-0.3, -0.25) is 14.5 Å². The van der Waals surface area contributed by atoms with Gasteiger partial charge in [0, 0.05) is 18.8 Å². The van der Waals surface area contributed by atoms with Crippen LogP contribution in [0.25, 0.3) is 0 Å². The van der Waals surface area contributed by atoms with E-state index in [4.69, 9.17) is 0 Å². The first-order chi connectivity index (χ1) is 16.3. The van der Waals surface area contributed by atoms with Crippen LogP contribution in [-0.2, 0) is 22.1 Å². The fourth-order valence-electron chi connectivity index (χ4n) is 5.01. The molecule has 8 heteroatoms. The van der Waals surface area contributed by atoms with Crippen LogP contribution in [0.3, 0.4) is 0 Å². The Labute approximate surface area is 202 Å². The van der Waals surface area contributed by atoms with Gasteiger partial charge in [0.15, 0.2) is 11.9 Å². The van der Waals surface area contributed by atoms with Gasteiger partial charge in [-0.1, -0.05) is 52.2 Å². The summed E-state index contributed by atoms with van der Waals surface area (Å²) in [6.45, 7) is 7.28. The van der Waals surface area contributed by atoms with Gasteiger partial charge >= 0.3 is 0 Å². The second-order valence-electron chi connectivity index (χ2n) is 10.7. The SMILES string of the molecule is Cn1cnnc1C(C(=O)NC1CCCCC1)N(C(=O)C1CCCN1)c1ccc(C(C)(C)C)cc1. The number of aromatic nitrogens is 3. The molecule has 0 bridgehead atoms. The van der Waals surface area contributed by atoms with Gasteiger partial charge in [0.1, 0.15) is 6.33 Å². The van der Waals surface area contributed by atoms with Gasteiger partial charge < -0.3 is 15.2 Å². The van der Waals surface area contributed by atoms with Crippen molar-refractivity contribution in [3.05, 3.63) is 42.0 Å². The minimum Gasteiger partial charge on any atom is -0.351 e. The highest BCUT2D eigenvalue weighted by Crippen LogP contribution is 2.32. The van der Waals surface area contributed by atoms with Crippen molar-refractivity contribution in [2.75, 3.05) is 11.4 Å². The van der Waals surface area contributed by atoms with Crippen molar-refractivity contribution in [2.45, 2.75) is 89.3 Å². The monoisotopic (exact) mass is 466 g/mol. The van der Waals surface area contributed by atoms with Crippen LogP contribution < -0.4 is 15.5 Å². The summed E-state index contributed by atoms with van der Waals surface area (Å²) >= 11 is 0. The Morgan fingerprint density at radius 3 is 2.35 bits per heavy atom. The highest BCUT2D eigenvalue weighted by Gasteiger charge is 2.40. The number of rotatable bonds is 6. The third kappa shape index (κ3) is 5.32. The van der Waals surface area contributed by atoms with Crippen LogP contribution in [-0.4, -0.2) is 45.2 Å². The topological polar surface area (TPSA) is 92.2 Å². The third-order valence-corrected chi connectivity index (χ3v) is 7.06. The molecule has 0 spiro atoms. The number of hydrogen-bond acceptors (Lipinski definition) is 5. The van der Waals surface area contributed by atoms with E-state index >= 15 is 0 Å². The van der Waals surface area contributed by atoms with Crippen molar-refractivity contribution in [1.82, 2.24) is 25.4 Å². The number of nitrogens with zero attached hydrogens (tertiary/aromatic N) is 4. The Balaban J connectivity index is 1.74. The molecule has 34 heavy (non-hydrogen) atoms. The van der Waals surface area contributed by atoms with E-state index in [1.807, 2.05) is 31.3 Å². The Morgan fingerprint density at radius 1 is 1.09 bits per heavy atom. The van der Waals surface area contributed by atoms with Crippen molar-refractivity contribution in [2.24, 2.45) is 7.05 Å². The molecule has 0 radical (unpaired) electrons. The first-order valence-electron chi connectivity index (χ1n) is 12.6. The lowest BCUT2D eigenvalue weighted by molar-refractivity contribution is -0.128. The second-order valence-corrected chi connectivity index (χ2v) is 10.7. The Hall–Kier alpha value is -2.74. The highest BCUT2D eigenvalue weighted by molar-refractivity contribution is 6.03. The molecule has 2 fully saturated rings. The standard InChI is InChI=1S/C26H38N6O2/c1-26(2,3)18-12-14-20(15-13-18)32(25(34)21-11-8-16-27-21)22(23-30-28-17-31(23)4)24(33)29-19-9-6-5-7-10-19/h12-15,17,19,21-22,27H,5-11,16H2,1-4H3,(H,29,33). The van der Waals surface area contributed by atoms with Gasteiger partial charge in [-0.05, 0) is 55.3 Å². The van der Waals surface area contributed by atoms with E-state index in [-0.39, 0.29) is 29.3 Å². The first-order valence-corrected chi connectivity index (χ1v) is 12.6. The van der Waals surface area contributed by atoms with E-state index in [1.165, 1.54) is 12.0 Å². The number of carbonyl (C=O) groups excluding carboxylic acids is 2. The molecule has 2 amide bonds. The molecule has 4 rings (SSSR count). The van der Waals surface area contributed by atoms with Crippen LogP contribution in [0.15, 0.2) is 30.6 Å². The number of carbonyl (C=O) groups is 2. The summed E-state index contributed by atoms with van der Waals surface area (Å²) < 4.78 is 1.73. The highest BCUT2D eigenvalue weighted by atomic mass is 16.2. The Bertz CT molecular complexity index is 981. The fourth-order valence-corrected chi connectivity index (χ4v) is 5.01. The summed E-state index contributed by atoms with van der Waals surface area (Å²) in [5.41, 5.74) is 1.85. The minimum absolute atomic E-state index is 0.0122. The predicted octanol–water partition coefficient (Wildman–Crippen LogP) is 3.39. The van der Waals surface area contributed by atoms with Crippen molar-refractivity contribution in [1.29, 1.82) is 0 Å². The molecule has 184 valence electrons. The molecule has 1 saturated carbocycles. The van der Waals surface area contributed by atoms with Crippen LogP contribution >= 0.6 is 0 Å². The summed E-state index contributed by atoms with van der Waals surface area (Å²) in [7, 11) is 1.81. The molecule has 2 aliphatic rings. The van der Waals surface area contributed by atoms with E-state index in [1.54, 1.807) is 15.8 Å². The van der Waals surface area contributed by atoms with E-state index in [0.29, 0.717) is 11.5 Å². The average molecular weight is 467 g/mol. The van der Waals surface area contributed by atoms with Crippen molar-refractivity contribution < 1.29 is 9.59 Å². The normalized spacial score (nSPS) is 20.2. The molecule has 1 aliphatic heterocycles. The maximum atomic E-state index is 13.9. The van der Waals surface area contributed by atoms with Gasteiger partial charge in [-0.2, -0.15) is 0 Å². The van der Waals surface area contributed by atoms with Crippen molar-refractivity contribution >= 4 is 17.5 Å². The molecule has 2 atom stereocenters. The molecular formula is C26H38N6O2. The zero-order valence-electron chi connectivity index (χ0n) is 20.9. The smallest absolute Gasteiger partial charge is 0.251 e. The number of benzene rings is 1. The van der Waals surface area contributed by atoms with Gasteiger partial charge in [0.2, 0.25) is 5.91 Å². The lowest BCUT2D eigenvalue weighted by Crippen LogP contribution is -2.52. The van der Waals surface area contributed by atoms with Gasteiger partial charge in [0.25, 0.3) is 5.91 Å². The minimum atomic E-state index is -0.898. The number of amides is 2. The molecule has 2 aromatic rings. The first kappa shape index (κ1) is 24.4. The molecule has 2 unspecified atom stereocenters. The molecule has 1 aromatic carbocycles. The van der Waals surface area contributed by atoms with Gasteiger partial charge in [-0.25, -0.2) is 0 Å². The number of anilines is 1. The zero-order valence-corrected chi connectivity index (χ0v) is 20.9. The van der Waals surface area contributed by atoms with Crippen LogP contribution in [0.1, 0.15) is 83.1 Å². The van der Waals surface area contributed by atoms with E-state index in [0.717, 1.165) is 45.1 Å². The van der Waals surface area contributed by atoms with Crippen LogP contribution in [0.2, 0.25) is 0 Å². The molecule has 2 heterocycles. The quantitative estimate of drug-likeness (QED) is 0.681. The van der Waals surface area contributed by atoms with Crippen LogP contribution in [0, 0.1) is 0 Å². The van der Waals surface area contributed by atoms with Crippen LogP contribution in [0.5, 0.6) is 0 Å². The molecule has 1 aromatic heterocycles.